The molecule has 0 bridgehead atoms. The fraction of sp³-hybridized carbons (Fsp3) is 0.250. The van der Waals surface area contributed by atoms with Crippen LogP contribution in [-0.2, 0) is 22.9 Å². The van der Waals surface area contributed by atoms with Crippen molar-refractivity contribution in [3.05, 3.63) is 94.0 Å². The zero-order valence-corrected chi connectivity index (χ0v) is 19.0. The van der Waals surface area contributed by atoms with Gasteiger partial charge < -0.3 is 10.0 Å². The Labute approximate surface area is 192 Å². The van der Waals surface area contributed by atoms with Gasteiger partial charge in [0, 0.05) is 37.1 Å². The lowest BCUT2D eigenvalue weighted by Crippen LogP contribution is -2.40. The standard InChI is InChI=1S/C24H25N3O5S/c1-25(33(31,32)22-14-12-20(13-15-22)27(29)30)16-21(28)17-26-23-8-4-2-6-18(23)10-11-19-7-3-5-9-24(19)26/h2-9,12-15,21,28H,10-11,16-17H2,1H3. The number of rotatable bonds is 7. The maximum atomic E-state index is 12.9. The summed E-state index contributed by atoms with van der Waals surface area (Å²) in [5, 5.41) is 21.7. The molecule has 172 valence electrons. The number of benzene rings is 3. The van der Waals surface area contributed by atoms with Crippen molar-refractivity contribution < 1.29 is 18.4 Å². The quantitative estimate of drug-likeness (QED) is 0.421. The Kier molecular flexibility index (Phi) is 6.46. The van der Waals surface area contributed by atoms with Gasteiger partial charge in [0.2, 0.25) is 10.0 Å². The molecule has 8 nitrogen and oxygen atoms in total. The minimum absolute atomic E-state index is 0.0618. The van der Waals surface area contributed by atoms with Crippen molar-refractivity contribution in [3.8, 4) is 0 Å². The van der Waals surface area contributed by atoms with Crippen LogP contribution in [0.15, 0.2) is 77.7 Å². The lowest BCUT2D eigenvalue weighted by molar-refractivity contribution is -0.384. The molecule has 1 aliphatic heterocycles. The molecule has 0 saturated heterocycles. The summed E-state index contributed by atoms with van der Waals surface area (Å²) in [5.41, 5.74) is 4.17. The van der Waals surface area contributed by atoms with Gasteiger partial charge in [-0.3, -0.25) is 10.1 Å². The normalized spacial score (nSPS) is 14.3. The molecule has 1 heterocycles. The zero-order chi connectivity index (χ0) is 23.6. The highest BCUT2D eigenvalue weighted by Crippen LogP contribution is 2.36. The maximum absolute atomic E-state index is 12.9. The third-order valence-corrected chi connectivity index (χ3v) is 7.68. The minimum atomic E-state index is -3.91. The van der Waals surface area contributed by atoms with Crippen LogP contribution in [0.4, 0.5) is 17.1 Å². The van der Waals surface area contributed by atoms with E-state index in [0.29, 0.717) is 0 Å². The lowest BCUT2D eigenvalue weighted by atomic mass is 10.0. The minimum Gasteiger partial charge on any atom is -0.390 e. The number of sulfonamides is 1. The SMILES string of the molecule is CN(CC(O)CN1c2ccccc2CCc2ccccc21)S(=O)(=O)c1ccc([N+](=O)[O-])cc1. The first-order valence-electron chi connectivity index (χ1n) is 10.6. The molecule has 0 amide bonds. The van der Waals surface area contributed by atoms with Crippen LogP contribution in [0.3, 0.4) is 0 Å². The second-order valence-corrected chi connectivity index (χ2v) is 10.1. The number of aryl methyl sites for hydroxylation is 2. The van der Waals surface area contributed by atoms with Crippen LogP contribution >= 0.6 is 0 Å². The van der Waals surface area contributed by atoms with Crippen molar-refractivity contribution in [1.82, 2.24) is 4.31 Å². The first kappa shape index (κ1) is 22.9. The van der Waals surface area contributed by atoms with E-state index in [0.717, 1.165) is 40.7 Å². The van der Waals surface area contributed by atoms with Gasteiger partial charge in [0.25, 0.3) is 5.69 Å². The van der Waals surface area contributed by atoms with Crippen LogP contribution < -0.4 is 4.90 Å². The van der Waals surface area contributed by atoms with E-state index in [-0.39, 0.29) is 23.7 Å². The first-order valence-corrected chi connectivity index (χ1v) is 12.0. The second kappa shape index (κ2) is 9.30. The van der Waals surface area contributed by atoms with Crippen LogP contribution in [0.2, 0.25) is 0 Å². The summed E-state index contributed by atoms with van der Waals surface area (Å²) in [5.74, 6) is 0. The van der Waals surface area contributed by atoms with Gasteiger partial charge in [0.1, 0.15) is 0 Å². The number of nitro groups is 1. The molecule has 1 aliphatic rings. The highest BCUT2D eigenvalue weighted by atomic mass is 32.2. The number of para-hydroxylation sites is 2. The second-order valence-electron chi connectivity index (χ2n) is 8.06. The van der Waals surface area contributed by atoms with E-state index in [1.54, 1.807) is 0 Å². The largest absolute Gasteiger partial charge is 0.390 e. The summed E-state index contributed by atoms with van der Waals surface area (Å²) < 4.78 is 26.9. The number of aliphatic hydroxyl groups excluding tert-OH is 1. The number of likely N-dealkylation sites (N-methyl/N-ethyl adjacent to an activating group) is 1. The Hall–Kier alpha value is -3.27. The Morgan fingerprint density at radius 2 is 1.48 bits per heavy atom. The molecule has 0 aliphatic carbocycles. The van der Waals surface area contributed by atoms with Crippen LogP contribution in [0.1, 0.15) is 11.1 Å². The molecule has 0 saturated carbocycles. The summed E-state index contributed by atoms with van der Waals surface area (Å²) in [4.78, 5) is 12.2. The van der Waals surface area contributed by atoms with Gasteiger partial charge in [-0.2, -0.15) is 4.31 Å². The lowest BCUT2D eigenvalue weighted by Gasteiger charge is -2.30. The van der Waals surface area contributed by atoms with Gasteiger partial charge in [0.15, 0.2) is 0 Å². The summed E-state index contributed by atoms with van der Waals surface area (Å²) in [6.07, 6.45) is 0.796. The average molecular weight is 468 g/mol. The Morgan fingerprint density at radius 1 is 0.970 bits per heavy atom. The van der Waals surface area contributed by atoms with Crippen molar-refractivity contribution in [2.45, 2.75) is 23.8 Å². The number of nitro benzene ring substituents is 1. The molecule has 4 rings (SSSR count). The smallest absolute Gasteiger partial charge is 0.269 e. The topological polar surface area (TPSA) is 104 Å². The van der Waals surface area contributed by atoms with E-state index < -0.39 is 21.1 Å². The molecule has 0 aromatic heterocycles. The summed E-state index contributed by atoms with van der Waals surface area (Å²) in [6.45, 7) is 0.0916. The van der Waals surface area contributed by atoms with E-state index >= 15 is 0 Å². The number of hydrogen-bond acceptors (Lipinski definition) is 6. The highest BCUT2D eigenvalue weighted by Gasteiger charge is 2.27. The molecule has 9 heteroatoms. The van der Waals surface area contributed by atoms with Crippen molar-refractivity contribution in [1.29, 1.82) is 0 Å². The third-order valence-electron chi connectivity index (χ3n) is 5.85. The molecule has 1 unspecified atom stereocenters. The van der Waals surface area contributed by atoms with Gasteiger partial charge >= 0.3 is 0 Å². The molecule has 0 radical (unpaired) electrons. The molecular formula is C24H25N3O5S. The number of hydrogen-bond donors (Lipinski definition) is 1. The monoisotopic (exact) mass is 467 g/mol. The number of aliphatic hydroxyl groups is 1. The third kappa shape index (κ3) is 4.75. The summed E-state index contributed by atoms with van der Waals surface area (Å²) in [7, 11) is -2.52. The summed E-state index contributed by atoms with van der Waals surface area (Å²) >= 11 is 0. The maximum Gasteiger partial charge on any atom is 0.269 e. The van der Waals surface area contributed by atoms with Crippen molar-refractivity contribution in [2.24, 2.45) is 0 Å². The fourth-order valence-electron chi connectivity index (χ4n) is 4.15. The van der Waals surface area contributed by atoms with Crippen molar-refractivity contribution in [3.63, 3.8) is 0 Å². The number of fused-ring (bicyclic) bond motifs is 2. The Bertz CT molecular complexity index is 1210. The Morgan fingerprint density at radius 3 is 2.00 bits per heavy atom. The van der Waals surface area contributed by atoms with E-state index in [1.807, 2.05) is 36.4 Å². The predicted molar refractivity (Wildman–Crippen MR) is 126 cm³/mol. The van der Waals surface area contributed by atoms with E-state index in [2.05, 4.69) is 17.0 Å². The molecule has 33 heavy (non-hydrogen) atoms. The van der Waals surface area contributed by atoms with Gasteiger partial charge in [-0.25, -0.2) is 8.42 Å². The van der Waals surface area contributed by atoms with Gasteiger partial charge in [0.05, 0.1) is 22.5 Å². The van der Waals surface area contributed by atoms with E-state index in [4.69, 9.17) is 0 Å². The fourth-order valence-corrected chi connectivity index (χ4v) is 5.36. The van der Waals surface area contributed by atoms with E-state index in [1.165, 1.54) is 30.3 Å². The van der Waals surface area contributed by atoms with Crippen molar-refractivity contribution in [2.75, 3.05) is 25.0 Å². The highest BCUT2D eigenvalue weighted by molar-refractivity contribution is 7.89. The first-order chi connectivity index (χ1) is 15.8. The number of β-amino-alcohol motifs (C(OH)–C–C–N with tert-alkyl or cyclic N) is 1. The number of non-ortho nitro benzene ring substituents is 1. The summed E-state index contributed by atoms with van der Waals surface area (Å²) in [6, 6.07) is 20.8. The van der Waals surface area contributed by atoms with Crippen LogP contribution in [0.5, 0.6) is 0 Å². The van der Waals surface area contributed by atoms with Gasteiger partial charge in [-0.15, -0.1) is 0 Å². The Balaban J connectivity index is 1.55. The average Bonchev–Trinajstić information content (AvgIpc) is 2.96. The van der Waals surface area contributed by atoms with Crippen LogP contribution in [0, 0.1) is 10.1 Å². The molecular weight excluding hydrogens is 442 g/mol. The van der Waals surface area contributed by atoms with Gasteiger partial charge in [-0.1, -0.05) is 36.4 Å². The molecule has 1 N–H and O–H groups in total. The van der Waals surface area contributed by atoms with Gasteiger partial charge in [-0.05, 0) is 48.2 Å². The number of nitrogens with zero attached hydrogens (tertiary/aromatic N) is 3. The predicted octanol–water partition coefficient (Wildman–Crippen LogP) is 3.51. The zero-order valence-electron chi connectivity index (χ0n) is 18.2. The van der Waals surface area contributed by atoms with E-state index in [9.17, 15) is 23.6 Å². The molecule has 0 spiro atoms. The molecule has 1 atom stereocenters. The molecule has 3 aromatic carbocycles. The number of anilines is 2. The molecule has 3 aromatic rings. The van der Waals surface area contributed by atoms with Crippen molar-refractivity contribution >= 4 is 27.1 Å². The molecule has 0 fully saturated rings. The van der Waals surface area contributed by atoms with Crippen LogP contribution in [-0.4, -0.2) is 49.0 Å². The van der Waals surface area contributed by atoms with Crippen LogP contribution in [0.25, 0.3) is 0 Å².